The molecule has 1 aliphatic heterocycles. The zero-order valence-corrected chi connectivity index (χ0v) is 18.9. The average Bonchev–Trinajstić information content (AvgIpc) is 3.42. The molecule has 0 spiro atoms. The second kappa shape index (κ2) is 9.72. The average molecular weight is 467 g/mol. The molecule has 0 radical (unpaired) electrons. The lowest BCUT2D eigenvalue weighted by molar-refractivity contribution is -0.146. The number of benzene rings is 2. The van der Waals surface area contributed by atoms with E-state index < -0.39 is 35.6 Å². The van der Waals surface area contributed by atoms with Crippen molar-refractivity contribution in [3.63, 3.8) is 0 Å². The number of rotatable bonds is 8. The van der Waals surface area contributed by atoms with Crippen LogP contribution in [-0.4, -0.2) is 65.8 Å². The van der Waals surface area contributed by atoms with Crippen LogP contribution in [0.15, 0.2) is 48.5 Å². The summed E-state index contributed by atoms with van der Waals surface area (Å²) in [6, 6.07) is 11.8. The number of hydrogen-bond acceptors (Lipinski definition) is 5. The highest BCUT2D eigenvalue weighted by molar-refractivity contribution is 6.22. The summed E-state index contributed by atoms with van der Waals surface area (Å²) in [5, 5.41) is 2.80. The largest absolute Gasteiger partial charge is 0.383 e. The number of nitrogens with one attached hydrogen (secondary N) is 1. The van der Waals surface area contributed by atoms with E-state index in [1.165, 1.54) is 36.3 Å². The van der Waals surface area contributed by atoms with Crippen LogP contribution in [0.1, 0.15) is 46.4 Å². The molecule has 1 aliphatic carbocycles. The van der Waals surface area contributed by atoms with Crippen LogP contribution in [-0.2, 0) is 14.3 Å². The van der Waals surface area contributed by atoms with Gasteiger partial charge in [0.2, 0.25) is 11.8 Å². The molecule has 178 valence electrons. The molecule has 1 fully saturated rings. The lowest BCUT2D eigenvalue weighted by Crippen LogP contribution is -2.60. The van der Waals surface area contributed by atoms with E-state index in [9.17, 15) is 23.6 Å². The second-order valence-electron chi connectivity index (χ2n) is 8.48. The van der Waals surface area contributed by atoms with Gasteiger partial charge in [0.05, 0.1) is 17.7 Å². The first kappa shape index (κ1) is 23.6. The summed E-state index contributed by atoms with van der Waals surface area (Å²) in [6.45, 7) is -0.170. The van der Waals surface area contributed by atoms with Crippen LogP contribution >= 0.6 is 0 Å². The Labute approximate surface area is 196 Å². The molecule has 1 heterocycles. The number of anilines is 1. The molecule has 8 nitrogen and oxygen atoms in total. The van der Waals surface area contributed by atoms with Gasteiger partial charge in [-0.2, -0.15) is 0 Å². The summed E-state index contributed by atoms with van der Waals surface area (Å²) in [5.41, 5.74) is -0.234. The predicted octanol–water partition coefficient (Wildman–Crippen LogP) is 2.85. The molecule has 0 atom stereocenters. The Balaban J connectivity index is 1.59. The summed E-state index contributed by atoms with van der Waals surface area (Å²) in [5.74, 6) is -2.38. The number of imide groups is 1. The Morgan fingerprint density at radius 2 is 1.62 bits per heavy atom. The fourth-order valence-electron chi connectivity index (χ4n) is 4.72. The lowest BCUT2D eigenvalue weighted by Gasteiger charge is -2.40. The highest BCUT2D eigenvalue weighted by atomic mass is 19.1. The van der Waals surface area contributed by atoms with Gasteiger partial charge in [0.25, 0.3) is 11.8 Å². The van der Waals surface area contributed by atoms with Crippen molar-refractivity contribution >= 4 is 29.3 Å². The molecule has 2 aromatic carbocycles. The van der Waals surface area contributed by atoms with E-state index in [4.69, 9.17) is 4.74 Å². The quantitative estimate of drug-likeness (QED) is 0.603. The minimum Gasteiger partial charge on any atom is -0.383 e. The van der Waals surface area contributed by atoms with E-state index in [1.807, 2.05) is 0 Å². The van der Waals surface area contributed by atoms with E-state index in [2.05, 4.69) is 5.32 Å². The van der Waals surface area contributed by atoms with Gasteiger partial charge >= 0.3 is 0 Å². The van der Waals surface area contributed by atoms with Crippen molar-refractivity contribution in [3.8, 4) is 0 Å². The molecule has 2 aliphatic rings. The Morgan fingerprint density at radius 3 is 2.18 bits per heavy atom. The molecule has 9 heteroatoms. The molecule has 4 amide bonds. The minimum absolute atomic E-state index is 0.120. The number of ether oxygens (including phenoxy) is 1. The maximum absolute atomic E-state index is 13.5. The summed E-state index contributed by atoms with van der Waals surface area (Å²) in [7, 11) is 1.49. The molecule has 2 aromatic rings. The van der Waals surface area contributed by atoms with Crippen molar-refractivity contribution in [1.29, 1.82) is 0 Å². The van der Waals surface area contributed by atoms with Crippen molar-refractivity contribution in [2.45, 2.75) is 31.2 Å². The van der Waals surface area contributed by atoms with E-state index in [1.54, 1.807) is 24.3 Å². The third-order valence-electron chi connectivity index (χ3n) is 6.46. The SMILES string of the molecule is COCCN(C(=O)CN1C(=O)c2ccccc2C1=O)C1(C(=O)Nc2ccc(F)cc2)CCCC1. The van der Waals surface area contributed by atoms with Crippen LogP contribution in [0.5, 0.6) is 0 Å². The topological polar surface area (TPSA) is 96.0 Å². The molecular weight excluding hydrogens is 441 g/mol. The Morgan fingerprint density at radius 1 is 1.03 bits per heavy atom. The maximum atomic E-state index is 13.5. The normalized spacial score (nSPS) is 16.5. The van der Waals surface area contributed by atoms with Gasteiger partial charge in [-0.15, -0.1) is 0 Å². The lowest BCUT2D eigenvalue weighted by atomic mass is 9.93. The Bertz CT molecular complexity index is 1080. The van der Waals surface area contributed by atoms with E-state index in [0.29, 0.717) is 18.5 Å². The number of fused-ring (bicyclic) bond motifs is 1. The van der Waals surface area contributed by atoms with Gasteiger partial charge in [-0.1, -0.05) is 25.0 Å². The highest BCUT2D eigenvalue weighted by Gasteiger charge is 2.49. The van der Waals surface area contributed by atoms with Gasteiger partial charge in [0, 0.05) is 19.3 Å². The number of halogens is 1. The first-order valence-corrected chi connectivity index (χ1v) is 11.2. The number of methoxy groups -OCH3 is 1. The number of hydrogen-bond donors (Lipinski definition) is 1. The van der Waals surface area contributed by atoms with Crippen LogP contribution in [0.3, 0.4) is 0 Å². The molecule has 0 unspecified atom stereocenters. The fourth-order valence-corrected chi connectivity index (χ4v) is 4.72. The zero-order valence-electron chi connectivity index (χ0n) is 18.9. The molecule has 0 bridgehead atoms. The monoisotopic (exact) mass is 467 g/mol. The summed E-state index contributed by atoms with van der Waals surface area (Å²) >= 11 is 0. The number of carbonyl (C=O) groups is 4. The van der Waals surface area contributed by atoms with Crippen LogP contribution in [0.4, 0.5) is 10.1 Å². The van der Waals surface area contributed by atoms with E-state index in [-0.39, 0.29) is 30.2 Å². The minimum atomic E-state index is -1.16. The van der Waals surface area contributed by atoms with Crippen LogP contribution in [0.25, 0.3) is 0 Å². The number of amides is 4. The molecule has 1 N–H and O–H groups in total. The summed E-state index contributed by atoms with van der Waals surface area (Å²) in [6.07, 6.45) is 2.33. The molecule has 0 saturated heterocycles. The van der Waals surface area contributed by atoms with Crippen LogP contribution in [0.2, 0.25) is 0 Å². The maximum Gasteiger partial charge on any atom is 0.262 e. The van der Waals surface area contributed by atoms with Gasteiger partial charge in [-0.25, -0.2) is 4.39 Å². The Hall–Kier alpha value is -3.59. The molecule has 1 saturated carbocycles. The van der Waals surface area contributed by atoms with Crippen molar-refractivity contribution in [1.82, 2.24) is 9.80 Å². The van der Waals surface area contributed by atoms with Gasteiger partial charge < -0.3 is 15.0 Å². The highest BCUT2D eigenvalue weighted by Crippen LogP contribution is 2.37. The fraction of sp³-hybridized carbons (Fsp3) is 0.360. The van der Waals surface area contributed by atoms with Crippen molar-refractivity contribution < 1.29 is 28.3 Å². The van der Waals surface area contributed by atoms with E-state index >= 15 is 0 Å². The van der Waals surface area contributed by atoms with Crippen LogP contribution < -0.4 is 5.32 Å². The number of nitrogens with zero attached hydrogens (tertiary/aromatic N) is 2. The number of carbonyl (C=O) groups excluding carboxylic acids is 4. The third-order valence-corrected chi connectivity index (χ3v) is 6.46. The van der Waals surface area contributed by atoms with Gasteiger partial charge in [-0.3, -0.25) is 24.1 Å². The van der Waals surface area contributed by atoms with Crippen molar-refractivity contribution in [2.75, 3.05) is 32.1 Å². The predicted molar refractivity (Wildman–Crippen MR) is 122 cm³/mol. The molecule has 4 rings (SSSR count). The Kier molecular flexibility index (Phi) is 6.74. The molecule has 0 aromatic heterocycles. The third kappa shape index (κ3) is 4.31. The second-order valence-corrected chi connectivity index (χ2v) is 8.48. The van der Waals surface area contributed by atoms with Gasteiger partial charge in [-0.05, 0) is 49.2 Å². The summed E-state index contributed by atoms with van der Waals surface area (Å²) < 4.78 is 18.5. The van der Waals surface area contributed by atoms with Crippen molar-refractivity contribution in [2.24, 2.45) is 0 Å². The summed E-state index contributed by atoms with van der Waals surface area (Å²) in [4.78, 5) is 54.9. The van der Waals surface area contributed by atoms with Crippen LogP contribution in [0, 0.1) is 5.82 Å². The molecular formula is C25H26FN3O5. The first-order chi connectivity index (χ1) is 16.4. The van der Waals surface area contributed by atoms with Gasteiger partial charge in [0.15, 0.2) is 0 Å². The van der Waals surface area contributed by atoms with E-state index in [0.717, 1.165) is 17.7 Å². The molecule has 34 heavy (non-hydrogen) atoms. The zero-order chi connectivity index (χ0) is 24.3. The van der Waals surface area contributed by atoms with Gasteiger partial charge in [0.1, 0.15) is 17.9 Å². The standard InChI is InChI=1S/C25H26FN3O5/c1-34-15-14-29(21(30)16-28-22(31)19-6-2-3-7-20(19)23(28)32)25(12-4-5-13-25)24(33)27-18-10-8-17(26)9-11-18/h2-3,6-11H,4-5,12-16H2,1H3,(H,27,33). The smallest absolute Gasteiger partial charge is 0.262 e. The van der Waals surface area contributed by atoms with Crippen molar-refractivity contribution in [3.05, 3.63) is 65.5 Å². The first-order valence-electron chi connectivity index (χ1n) is 11.2.